The van der Waals surface area contributed by atoms with E-state index in [1.54, 1.807) is 12.1 Å². The van der Waals surface area contributed by atoms with Gasteiger partial charge in [-0.1, -0.05) is 12.1 Å². The Morgan fingerprint density at radius 3 is 2.83 bits per heavy atom. The van der Waals surface area contributed by atoms with E-state index in [0.29, 0.717) is 5.92 Å². The van der Waals surface area contributed by atoms with Crippen molar-refractivity contribution < 1.29 is 13.2 Å². The molecular weight excluding hydrogens is 259 g/mol. The minimum atomic E-state index is -4.20. The van der Waals surface area contributed by atoms with Gasteiger partial charge in [-0.05, 0) is 67.7 Å². The van der Waals surface area contributed by atoms with Crippen LogP contribution in [0.1, 0.15) is 18.4 Å². The number of piperidine rings is 1. The molecular formula is C13H16F3NS. The summed E-state index contributed by atoms with van der Waals surface area (Å²) in [7, 11) is 0. The van der Waals surface area contributed by atoms with Crippen LogP contribution < -0.4 is 5.32 Å². The molecule has 1 aliphatic heterocycles. The largest absolute Gasteiger partial charge is 0.446 e. The molecule has 1 N–H and O–H groups in total. The van der Waals surface area contributed by atoms with E-state index in [1.165, 1.54) is 6.07 Å². The Balaban J connectivity index is 1.98. The maximum atomic E-state index is 12.3. The van der Waals surface area contributed by atoms with Gasteiger partial charge in [0, 0.05) is 4.90 Å². The molecule has 1 aliphatic rings. The van der Waals surface area contributed by atoms with Gasteiger partial charge in [-0.2, -0.15) is 13.2 Å². The molecule has 0 saturated carbocycles. The van der Waals surface area contributed by atoms with E-state index in [-0.39, 0.29) is 16.7 Å². The first kappa shape index (κ1) is 13.7. The van der Waals surface area contributed by atoms with Crippen molar-refractivity contribution >= 4 is 11.8 Å². The van der Waals surface area contributed by atoms with E-state index in [1.807, 2.05) is 6.07 Å². The lowest BCUT2D eigenvalue weighted by Gasteiger charge is -2.22. The van der Waals surface area contributed by atoms with Crippen LogP contribution in [0.15, 0.2) is 29.2 Å². The minimum Gasteiger partial charge on any atom is -0.316 e. The number of halogens is 3. The van der Waals surface area contributed by atoms with Crippen LogP contribution in [0.3, 0.4) is 0 Å². The summed E-state index contributed by atoms with van der Waals surface area (Å²) in [5.41, 5.74) is -3.21. The predicted octanol–water partition coefficient (Wildman–Crippen LogP) is 3.84. The zero-order valence-corrected chi connectivity index (χ0v) is 10.8. The maximum Gasteiger partial charge on any atom is 0.446 e. The van der Waals surface area contributed by atoms with Gasteiger partial charge < -0.3 is 5.32 Å². The Morgan fingerprint density at radius 2 is 2.17 bits per heavy atom. The monoisotopic (exact) mass is 275 g/mol. The maximum absolute atomic E-state index is 12.3. The van der Waals surface area contributed by atoms with Gasteiger partial charge >= 0.3 is 5.51 Å². The Labute approximate surface area is 109 Å². The van der Waals surface area contributed by atoms with Crippen LogP contribution in [-0.2, 0) is 6.42 Å². The van der Waals surface area contributed by atoms with Gasteiger partial charge in [0.15, 0.2) is 0 Å². The van der Waals surface area contributed by atoms with E-state index in [0.717, 1.165) is 37.9 Å². The van der Waals surface area contributed by atoms with E-state index < -0.39 is 5.51 Å². The Bertz CT molecular complexity index is 386. The van der Waals surface area contributed by atoms with Gasteiger partial charge in [-0.15, -0.1) is 0 Å². The molecule has 0 spiro atoms. The summed E-state index contributed by atoms with van der Waals surface area (Å²) < 4.78 is 36.9. The predicted molar refractivity (Wildman–Crippen MR) is 67.7 cm³/mol. The van der Waals surface area contributed by atoms with Gasteiger partial charge in [-0.25, -0.2) is 0 Å². The van der Waals surface area contributed by atoms with Crippen LogP contribution in [0.2, 0.25) is 0 Å². The van der Waals surface area contributed by atoms with Crippen molar-refractivity contribution in [3.05, 3.63) is 29.8 Å². The zero-order valence-electron chi connectivity index (χ0n) is 9.96. The quantitative estimate of drug-likeness (QED) is 0.841. The number of alkyl halides is 3. The molecule has 0 radical (unpaired) electrons. The fraction of sp³-hybridized carbons (Fsp3) is 0.538. The summed E-state index contributed by atoms with van der Waals surface area (Å²) in [5, 5.41) is 3.32. The smallest absolute Gasteiger partial charge is 0.316 e. The highest BCUT2D eigenvalue weighted by atomic mass is 32.2. The highest BCUT2D eigenvalue weighted by molar-refractivity contribution is 8.00. The zero-order chi connectivity index (χ0) is 13.0. The number of rotatable bonds is 3. The van der Waals surface area contributed by atoms with Crippen LogP contribution in [-0.4, -0.2) is 18.6 Å². The lowest BCUT2D eigenvalue weighted by atomic mass is 9.92. The second-order valence-electron chi connectivity index (χ2n) is 4.61. The molecule has 1 aromatic rings. The Kier molecular flexibility index (Phi) is 4.56. The normalized spacial score (nSPS) is 20.9. The highest BCUT2D eigenvalue weighted by Crippen LogP contribution is 2.37. The molecule has 1 aromatic carbocycles. The van der Waals surface area contributed by atoms with Crippen molar-refractivity contribution in [3.8, 4) is 0 Å². The van der Waals surface area contributed by atoms with Crippen LogP contribution >= 0.6 is 11.8 Å². The first-order valence-corrected chi connectivity index (χ1v) is 6.90. The standard InChI is InChI=1S/C13H16F3NS/c14-13(15,16)18-12-5-1-3-10(8-12)7-11-4-2-6-17-9-11/h1,3,5,8,11,17H,2,4,6-7,9H2. The highest BCUT2D eigenvalue weighted by Gasteiger charge is 2.29. The molecule has 0 amide bonds. The fourth-order valence-electron chi connectivity index (χ4n) is 2.30. The van der Waals surface area contributed by atoms with E-state index in [2.05, 4.69) is 5.32 Å². The van der Waals surface area contributed by atoms with Crippen LogP contribution in [0.5, 0.6) is 0 Å². The van der Waals surface area contributed by atoms with Gasteiger partial charge in [0.1, 0.15) is 0 Å². The summed E-state index contributed by atoms with van der Waals surface area (Å²) >= 11 is -0.0387. The van der Waals surface area contributed by atoms with Crippen molar-refractivity contribution in [2.75, 3.05) is 13.1 Å². The van der Waals surface area contributed by atoms with Crippen LogP contribution in [0.25, 0.3) is 0 Å². The van der Waals surface area contributed by atoms with E-state index in [4.69, 9.17) is 0 Å². The summed E-state index contributed by atoms with van der Waals surface area (Å²) in [6.45, 7) is 2.02. The molecule has 0 bridgehead atoms. The van der Waals surface area contributed by atoms with Crippen molar-refractivity contribution in [3.63, 3.8) is 0 Å². The number of hydrogen-bond donors (Lipinski definition) is 1. The third-order valence-corrected chi connectivity index (χ3v) is 3.78. The molecule has 0 aromatic heterocycles. The lowest BCUT2D eigenvalue weighted by molar-refractivity contribution is -0.0328. The third kappa shape index (κ3) is 4.53. The molecule has 1 nitrogen and oxygen atoms in total. The number of benzene rings is 1. The fourth-order valence-corrected chi connectivity index (χ4v) is 2.93. The summed E-state index contributed by atoms with van der Waals surface area (Å²) in [5.74, 6) is 0.546. The van der Waals surface area contributed by atoms with Crippen LogP contribution in [0, 0.1) is 5.92 Å². The number of thioether (sulfide) groups is 1. The van der Waals surface area contributed by atoms with Gasteiger partial charge in [0.05, 0.1) is 0 Å². The molecule has 1 saturated heterocycles. The molecule has 0 aliphatic carbocycles. The first-order valence-electron chi connectivity index (χ1n) is 6.08. The lowest BCUT2D eigenvalue weighted by Crippen LogP contribution is -2.30. The van der Waals surface area contributed by atoms with Gasteiger partial charge in [0.25, 0.3) is 0 Å². The average molecular weight is 275 g/mol. The second-order valence-corrected chi connectivity index (χ2v) is 5.75. The SMILES string of the molecule is FC(F)(F)Sc1cccc(CC2CCCNC2)c1. The second kappa shape index (κ2) is 5.97. The molecule has 18 heavy (non-hydrogen) atoms. The van der Waals surface area contributed by atoms with Crippen molar-refractivity contribution in [2.45, 2.75) is 29.7 Å². The number of hydrogen-bond acceptors (Lipinski definition) is 2. The third-order valence-electron chi connectivity index (χ3n) is 3.06. The van der Waals surface area contributed by atoms with E-state index >= 15 is 0 Å². The average Bonchev–Trinajstić information content (AvgIpc) is 2.28. The summed E-state index contributed by atoms with van der Waals surface area (Å²) in [6.07, 6.45) is 3.17. The first-order chi connectivity index (χ1) is 8.53. The molecule has 1 atom stereocenters. The summed E-state index contributed by atoms with van der Waals surface area (Å²) in [6, 6.07) is 6.79. The van der Waals surface area contributed by atoms with Crippen molar-refractivity contribution in [1.29, 1.82) is 0 Å². The topological polar surface area (TPSA) is 12.0 Å². The minimum absolute atomic E-state index is 0.0387. The number of nitrogens with one attached hydrogen (secondary N) is 1. The Morgan fingerprint density at radius 1 is 1.33 bits per heavy atom. The van der Waals surface area contributed by atoms with Crippen LogP contribution in [0.4, 0.5) is 13.2 Å². The Hall–Kier alpha value is -0.680. The van der Waals surface area contributed by atoms with Gasteiger partial charge in [-0.3, -0.25) is 0 Å². The summed E-state index contributed by atoms with van der Waals surface area (Å²) in [4.78, 5) is 0.281. The van der Waals surface area contributed by atoms with E-state index in [9.17, 15) is 13.2 Å². The van der Waals surface area contributed by atoms with Crippen molar-refractivity contribution in [2.24, 2.45) is 5.92 Å². The molecule has 1 heterocycles. The molecule has 1 unspecified atom stereocenters. The molecule has 100 valence electrons. The molecule has 1 fully saturated rings. The van der Waals surface area contributed by atoms with Crippen molar-refractivity contribution in [1.82, 2.24) is 5.32 Å². The molecule has 5 heteroatoms. The molecule has 2 rings (SSSR count). The van der Waals surface area contributed by atoms with Gasteiger partial charge in [0.2, 0.25) is 0 Å².